The Morgan fingerprint density at radius 1 is 1.41 bits per heavy atom. The van der Waals surface area contributed by atoms with E-state index in [1.165, 1.54) is 12.1 Å². The Kier molecular flexibility index (Phi) is 6.35. The average Bonchev–Trinajstić information content (AvgIpc) is 2.42. The fraction of sp³-hybridized carbons (Fsp3) is 0.500. The van der Waals surface area contributed by atoms with E-state index < -0.39 is 29.0 Å². The van der Waals surface area contributed by atoms with E-state index in [4.69, 9.17) is 16.7 Å². The summed E-state index contributed by atoms with van der Waals surface area (Å²) < 4.78 is 14.0. The summed E-state index contributed by atoms with van der Waals surface area (Å²) in [7, 11) is 0. The summed E-state index contributed by atoms with van der Waals surface area (Å²) in [6.45, 7) is 5.08. The van der Waals surface area contributed by atoms with Crippen LogP contribution in [-0.4, -0.2) is 23.5 Å². The van der Waals surface area contributed by atoms with Crippen molar-refractivity contribution < 1.29 is 19.1 Å². The first-order valence-electron chi connectivity index (χ1n) is 7.16. The Bertz CT molecular complexity index is 560. The van der Waals surface area contributed by atoms with Crippen molar-refractivity contribution in [1.29, 1.82) is 0 Å². The lowest BCUT2D eigenvalue weighted by Gasteiger charge is -2.25. The summed E-state index contributed by atoms with van der Waals surface area (Å²) in [5.41, 5.74) is -0.902. The second kappa shape index (κ2) is 7.58. The van der Waals surface area contributed by atoms with Gasteiger partial charge in [0.25, 0.3) is 0 Å². The summed E-state index contributed by atoms with van der Waals surface area (Å²) >= 11 is 5.71. The first-order valence-corrected chi connectivity index (χ1v) is 7.54. The van der Waals surface area contributed by atoms with Crippen molar-refractivity contribution in [2.24, 2.45) is 5.92 Å². The molecule has 0 bridgehead atoms. The van der Waals surface area contributed by atoms with Crippen LogP contribution in [0.4, 0.5) is 4.39 Å². The van der Waals surface area contributed by atoms with Crippen molar-refractivity contribution in [2.45, 2.75) is 39.0 Å². The number of nitrogens with one attached hydrogen (secondary N) is 1. The topological polar surface area (TPSA) is 66.4 Å². The van der Waals surface area contributed by atoms with Crippen molar-refractivity contribution >= 4 is 23.5 Å². The molecule has 0 saturated heterocycles. The predicted molar refractivity (Wildman–Crippen MR) is 83.5 cm³/mol. The molecule has 1 amide bonds. The van der Waals surface area contributed by atoms with Crippen molar-refractivity contribution in [3.8, 4) is 0 Å². The summed E-state index contributed by atoms with van der Waals surface area (Å²) in [6, 6.07) is 4.15. The van der Waals surface area contributed by atoms with Gasteiger partial charge in [0.1, 0.15) is 5.82 Å². The number of halogens is 2. The zero-order valence-corrected chi connectivity index (χ0v) is 13.7. The van der Waals surface area contributed by atoms with Gasteiger partial charge in [-0.15, -0.1) is 0 Å². The standard InChI is InChI=1S/C16H21ClFNO3/c1-4-5-10(14(20)21)9-19-15(22)16(2,3)12-7-6-11(17)8-13(12)18/h6-8,10H,4-5,9H2,1-3H3,(H,19,22)(H,20,21). The molecule has 0 aliphatic rings. The lowest BCUT2D eigenvalue weighted by atomic mass is 9.83. The number of carbonyl (C=O) groups excluding carboxylic acids is 1. The number of hydrogen-bond donors (Lipinski definition) is 2. The zero-order chi connectivity index (χ0) is 16.9. The van der Waals surface area contributed by atoms with E-state index in [1.807, 2.05) is 6.92 Å². The zero-order valence-electron chi connectivity index (χ0n) is 13.0. The SMILES string of the molecule is CCCC(CNC(=O)C(C)(C)c1ccc(Cl)cc1F)C(=O)O. The van der Waals surface area contributed by atoms with E-state index in [-0.39, 0.29) is 17.1 Å². The van der Waals surface area contributed by atoms with E-state index in [2.05, 4.69) is 5.32 Å². The van der Waals surface area contributed by atoms with E-state index in [0.717, 1.165) is 6.07 Å². The smallest absolute Gasteiger partial charge is 0.308 e. The number of hydrogen-bond acceptors (Lipinski definition) is 2. The van der Waals surface area contributed by atoms with Crippen LogP contribution in [-0.2, 0) is 15.0 Å². The maximum absolute atomic E-state index is 14.0. The Morgan fingerprint density at radius 2 is 2.05 bits per heavy atom. The third-order valence-electron chi connectivity index (χ3n) is 3.67. The molecule has 0 aromatic heterocycles. The third-order valence-corrected chi connectivity index (χ3v) is 3.90. The number of carboxylic acids is 1. The normalized spacial score (nSPS) is 12.8. The minimum atomic E-state index is -1.12. The molecule has 1 rings (SSSR count). The quantitative estimate of drug-likeness (QED) is 0.806. The van der Waals surface area contributed by atoms with Gasteiger partial charge in [0.15, 0.2) is 0 Å². The van der Waals surface area contributed by atoms with Gasteiger partial charge in [0.2, 0.25) is 5.91 Å². The van der Waals surface area contributed by atoms with Gasteiger partial charge in [-0.25, -0.2) is 4.39 Å². The van der Waals surface area contributed by atoms with Crippen LogP contribution in [0, 0.1) is 11.7 Å². The van der Waals surface area contributed by atoms with Gasteiger partial charge in [0.05, 0.1) is 11.3 Å². The second-order valence-corrected chi connectivity index (χ2v) is 6.22. The van der Waals surface area contributed by atoms with Crippen LogP contribution in [0.15, 0.2) is 18.2 Å². The van der Waals surface area contributed by atoms with Crippen LogP contribution in [0.2, 0.25) is 5.02 Å². The molecule has 122 valence electrons. The fourth-order valence-electron chi connectivity index (χ4n) is 2.22. The van der Waals surface area contributed by atoms with E-state index in [9.17, 15) is 14.0 Å². The molecular formula is C16H21ClFNO3. The second-order valence-electron chi connectivity index (χ2n) is 5.78. The van der Waals surface area contributed by atoms with Crippen molar-refractivity contribution in [1.82, 2.24) is 5.32 Å². The van der Waals surface area contributed by atoms with E-state index in [1.54, 1.807) is 13.8 Å². The summed E-state index contributed by atoms with van der Waals surface area (Å²) in [5, 5.41) is 12.0. The molecule has 0 heterocycles. The number of carboxylic acid groups (broad SMARTS) is 1. The van der Waals surface area contributed by atoms with Gasteiger partial charge in [-0.2, -0.15) is 0 Å². The molecule has 1 unspecified atom stereocenters. The third kappa shape index (κ3) is 4.44. The van der Waals surface area contributed by atoms with E-state index in [0.29, 0.717) is 12.8 Å². The Hall–Kier alpha value is -1.62. The van der Waals surface area contributed by atoms with E-state index >= 15 is 0 Å². The van der Waals surface area contributed by atoms with Gasteiger partial charge in [-0.3, -0.25) is 9.59 Å². The molecule has 0 aliphatic heterocycles. The molecule has 0 spiro atoms. The summed E-state index contributed by atoms with van der Waals surface area (Å²) in [4.78, 5) is 23.4. The minimum absolute atomic E-state index is 0.0284. The maximum Gasteiger partial charge on any atom is 0.308 e. The highest BCUT2D eigenvalue weighted by Crippen LogP contribution is 2.28. The molecule has 4 nitrogen and oxygen atoms in total. The van der Waals surface area contributed by atoms with Crippen molar-refractivity contribution in [2.75, 3.05) is 6.54 Å². The molecule has 6 heteroatoms. The van der Waals surface area contributed by atoms with Crippen molar-refractivity contribution in [3.05, 3.63) is 34.6 Å². The highest BCUT2D eigenvalue weighted by atomic mass is 35.5. The largest absolute Gasteiger partial charge is 0.481 e. The molecule has 0 saturated carbocycles. The summed E-state index contributed by atoms with van der Waals surface area (Å²) in [6.07, 6.45) is 1.19. The predicted octanol–water partition coefficient (Wildman–Crippen LogP) is 3.37. The summed E-state index contributed by atoms with van der Waals surface area (Å²) in [5.74, 6) is -2.57. The number of rotatable bonds is 7. The average molecular weight is 330 g/mol. The number of aliphatic carboxylic acids is 1. The molecule has 1 aromatic carbocycles. The first-order chi connectivity index (χ1) is 10.2. The van der Waals surface area contributed by atoms with Crippen LogP contribution in [0.1, 0.15) is 39.2 Å². The minimum Gasteiger partial charge on any atom is -0.481 e. The monoisotopic (exact) mass is 329 g/mol. The van der Waals surface area contributed by atoms with Crippen LogP contribution >= 0.6 is 11.6 Å². The highest BCUT2D eigenvalue weighted by Gasteiger charge is 2.33. The van der Waals surface area contributed by atoms with Crippen LogP contribution < -0.4 is 5.32 Å². The number of amides is 1. The molecule has 1 atom stereocenters. The molecule has 0 fully saturated rings. The highest BCUT2D eigenvalue weighted by molar-refractivity contribution is 6.30. The van der Waals surface area contributed by atoms with Gasteiger partial charge >= 0.3 is 5.97 Å². The van der Waals surface area contributed by atoms with Gasteiger partial charge < -0.3 is 10.4 Å². The molecule has 0 radical (unpaired) electrons. The fourth-order valence-corrected chi connectivity index (χ4v) is 2.38. The van der Waals surface area contributed by atoms with Crippen molar-refractivity contribution in [3.63, 3.8) is 0 Å². The van der Waals surface area contributed by atoms with Crippen LogP contribution in [0.3, 0.4) is 0 Å². The number of carbonyl (C=O) groups is 2. The Labute approximate surface area is 134 Å². The van der Waals surface area contributed by atoms with Gasteiger partial charge in [0, 0.05) is 17.1 Å². The first kappa shape index (κ1) is 18.4. The molecule has 0 aliphatic carbocycles. The molecule has 22 heavy (non-hydrogen) atoms. The Balaban J connectivity index is 2.84. The number of benzene rings is 1. The lowest BCUT2D eigenvalue weighted by molar-refractivity contribution is -0.142. The van der Waals surface area contributed by atoms with Crippen LogP contribution in [0.5, 0.6) is 0 Å². The molecule has 1 aromatic rings. The lowest BCUT2D eigenvalue weighted by Crippen LogP contribution is -2.43. The maximum atomic E-state index is 14.0. The van der Waals surface area contributed by atoms with Crippen LogP contribution in [0.25, 0.3) is 0 Å². The molecule has 2 N–H and O–H groups in total. The van der Waals surface area contributed by atoms with Gasteiger partial charge in [-0.1, -0.05) is 31.0 Å². The molecular weight excluding hydrogens is 309 g/mol. The van der Waals surface area contributed by atoms with Gasteiger partial charge in [-0.05, 0) is 32.4 Å². The Morgan fingerprint density at radius 3 is 2.55 bits per heavy atom.